The predicted octanol–water partition coefficient (Wildman–Crippen LogP) is 3.69. The topological polar surface area (TPSA) is 38.3 Å². The minimum Gasteiger partial charge on any atom is -0.481 e. The summed E-state index contributed by atoms with van der Waals surface area (Å²) in [6.45, 7) is 6.55. The molecule has 0 saturated carbocycles. The van der Waals surface area contributed by atoms with Crippen LogP contribution in [0.1, 0.15) is 43.7 Å². The molecule has 1 aliphatic carbocycles. The molecule has 1 aliphatic rings. The second-order valence-corrected chi connectivity index (χ2v) is 5.83. The van der Waals surface area contributed by atoms with Crippen LogP contribution in [-0.4, -0.2) is 18.6 Å². The first-order chi connectivity index (χ1) is 10.1. The van der Waals surface area contributed by atoms with Crippen molar-refractivity contribution in [2.24, 2.45) is 0 Å². The lowest BCUT2D eigenvalue weighted by molar-refractivity contribution is -0.127. The van der Waals surface area contributed by atoms with Gasteiger partial charge < -0.3 is 10.1 Å². The quantitative estimate of drug-likeness (QED) is 0.839. The Bertz CT molecular complexity index is 534. The Balaban J connectivity index is 1.84. The van der Waals surface area contributed by atoms with Gasteiger partial charge >= 0.3 is 0 Å². The summed E-state index contributed by atoms with van der Waals surface area (Å²) < 4.78 is 5.72. The summed E-state index contributed by atoms with van der Waals surface area (Å²) >= 11 is 0. The molecule has 2 rings (SSSR count). The molecule has 0 unspecified atom stereocenters. The predicted molar refractivity (Wildman–Crippen MR) is 85.6 cm³/mol. The van der Waals surface area contributed by atoms with E-state index in [1.54, 1.807) is 6.92 Å². The van der Waals surface area contributed by atoms with E-state index in [-0.39, 0.29) is 5.91 Å². The van der Waals surface area contributed by atoms with Crippen LogP contribution in [0.4, 0.5) is 0 Å². The number of amides is 1. The van der Waals surface area contributed by atoms with Gasteiger partial charge in [-0.2, -0.15) is 0 Å². The Morgan fingerprint density at radius 2 is 2.10 bits per heavy atom. The number of benzene rings is 1. The zero-order valence-corrected chi connectivity index (χ0v) is 13.2. The van der Waals surface area contributed by atoms with Gasteiger partial charge in [0, 0.05) is 6.54 Å². The van der Waals surface area contributed by atoms with Crippen molar-refractivity contribution in [3.8, 4) is 5.75 Å². The first-order valence-corrected chi connectivity index (χ1v) is 7.76. The van der Waals surface area contributed by atoms with Crippen LogP contribution in [0.2, 0.25) is 0 Å². The number of rotatable bonds is 5. The SMILES string of the molecule is Cc1ccc(O[C@H](C)C(=O)NCC2=CCCCC2)cc1C. The lowest BCUT2D eigenvalue weighted by atomic mass is 10.00. The summed E-state index contributed by atoms with van der Waals surface area (Å²) in [5.41, 5.74) is 3.74. The molecule has 0 aromatic heterocycles. The fourth-order valence-corrected chi connectivity index (χ4v) is 2.45. The van der Waals surface area contributed by atoms with E-state index in [2.05, 4.69) is 18.3 Å². The van der Waals surface area contributed by atoms with Crippen molar-refractivity contribution < 1.29 is 9.53 Å². The first kappa shape index (κ1) is 15.6. The van der Waals surface area contributed by atoms with E-state index in [9.17, 15) is 4.79 Å². The van der Waals surface area contributed by atoms with Gasteiger partial charge in [-0.05, 0) is 69.7 Å². The number of hydrogen-bond acceptors (Lipinski definition) is 2. The van der Waals surface area contributed by atoms with Crippen molar-refractivity contribution in [3.05, 3.63) is 41.0 Å². The second kappa shape index (κ2) is 7.30. The van der Waals surface area contributed by atoms with Crippen LogP contribution in [0.5, 0.6) is 5.75 Å². The Kier molecular flexibility index (Phi) is 5.43. The molecule has 1 amide bonds. The van der Waals surface area contributed by atoms with Gasteiger partial charge in [0.2, 0.25) is 0 Å². The minimum atomic E-state index is -0.476. The van der Waals surface area contributed by atoms with Crippen molar-refractivity contribution in [3.63, 3.8) is 0 Å². The first-order valence-electron chi connectivity index (χ1n) is 7.76. The van der Waals surface area contributed by atoms with Crippen LogP contribution in [0, 0.1) is 13.8 Å². The average Bonchev–Trinajstić information content (AvgIpc) is 2.49. The zero-order chi connectivity index (χ0) is 15.2. The normalized spacial score (nSPS) is 16.0. The van der Waals surface area contributed by atoms with E-state index in [0.717, 1.165) is 18.6 Å². The van der Waals surface area contributed by atoms with Crippen molar-refractivity contribution in [2.45, 2.75) is 52.6 Å². The maximum atomic E-state index is 12.1. The maximum Gasteiger partial charge on any atom is 0.261 e. The van der Waals surface area contributed by atoms with E-state index in [1.165, 1.54) is 29.5 Å². The van der Waals surface area contributed by atoms with Crippen molar-refractivity contribution >= 4 is 5.91 Å². The Hall–Kier alpha value is -1.77. The van der Waals surface area contributed by atoms with Crippen LogP contribution in [0.25, 0.3) is 0 Å². The van der Waals surface area contributed by atoms with Crippen molar-refractivity contribution in [1.82, 2.24) is 5.32 Å². The number of allylic oxidation sites excluding steroid dienone is 1. The third-order valence-electron chi connectivity index (χ3n) is 4.04. The summed E-state index contributed by atoms with van der Waals surface area (Å²) in [7, 11) is 0. The molecule has 114 valence electrons. The standard InChI is InChI=1S/C18H25NO2/c1-13-9-10-17(11-14(13)2)21-15(3)18(20)19-12-16-7-5-4-6-8-16/h7,9-11,15H,4-6,8,12H2,1-3H3,(H,19,20)/t15-/m1/s1. The van der Waals surface area contributed by atoms with Gasteiger partial charge in [0.05, 0.1) is 0 Å². The number of ether oxygens (including phenoxy) is 1. The lowest BCUT2D eigenvalue weighted by Gasteiger charge is -2.17. The van der Waals surface area contributed by atoms with Crippen molar-refractivity contribution in [1.29, 1.82) is 0 Å². The van der Waals surface area contributed by atoms with Crippen LogP contribution < -0.4 is 10.1 Å². The molecule has 0 heterocycles. The summed E-state index contributed by atoms with van der Waals surface area (Å²) in [5.74, 6) is 0.692. The van der Waals surface area contributed by atoms with Crippen molar-refractivity contribution in [2.75, 3.05) is 6.54 Å². The van der Waals surface area contributed by atoms with E-state index >= 15 is 0 Å². The molecule has 0 aliphatic heterocycles. The third-order valence-corrected chi connectivity index (χ3v) is 4.04. The van der Waals surface area contributed by atoms with E-state index in [1.807, 2.05) is 25.1 Å². The van der Waals surface area contributed by atoms with Gasteiger partial charge in [-0.3, -0.25) is 4.79 Å². The summed E-state index contributed by atoms with van der Waals surface area (Å²) in [6.07, 6.45) is 6.52. The molecule has 1 aromatic rings. The van der Waals surface area contributed by atoms with Gasteiger partial charge in [0.1, 0.15) is 5.75 Å². The number of aryl methyl sites for hydroxylation is 2. The van der Waals surface area contributed by atoms with Gasteiger partial charge in [0.25, 0.3) is 5.91 Å². The lowest BCUT2D eigenvalue weighted by Crippen LogP contribution is -2.37. The van der Waals surface area contributed by atoms with E-state index in [4.69, 9.17) is 4.74 Å². The highest BCUT2D eigenvalue weighted by atomic mass is 16.5. The maximum absolute atomic E-state index is 12.1. The molecule has 0 spiro atoms. The molecule has 0 bridgehead atoms. The average molecular weight is 287 g/mol. The Morgan fingerprint density at radius 1 is 1.29 bits per heavy atom. The van der Waals surface area contributed by atoms with Crippen LogP contribution in [0.3, 0.4) is 0 Å². The molecule has 3 nitrogen and oxygen atoms in total. The van der Waals surface area contributed by atoms with Crippen LogP contribution in [-0.2, 0) is 4.79 Å². The smallest absolute Gasteiger partial charge is 0.261 e. The van der Waals surface area contributed by atoms with Gasteiger partial charge in [-0.1, -0.05) is 17.7 Å². The van der Waals surface area contributed by atoms with Gasteiger partial charge in [-0.25, -0.2) is 0 Å². The molecule has 1 N–H and O–H groups in total. The fourth-order valence-electron chi connectivity index (χ4n) is 2.45. The summed E-state index contributed by atoms with van der Waals surface area (Å²) in [4.78, 5) is 12.1. The molecule has 0 fully saturated rings. The highest BCUT2D eigenvalue weighted by molar-refractivity contribution is 5.80. The monoisotopic (exact) mass is 287 g/mol. The summed E-state index contributed by atoms with van der Waals surface area (Å²) in [6, 6.07) is 5.90. The number of nitrogens with one attached hydrogen (secondary N) is 1. The van der Waals surface area contributed by atoms with E-state index < -0.39 is 6.10 Å². The molecule has 1 atom stereocenters. The highest BCUT2D eigenvalue weighted by Crippen LogP contribution is 2.18. The number of carbonyl (C=O) groups excluding carboxylic acids is 1. The molecular formula is C18H25NO2. The Morgan fingerprint density at radius 3 is 2.76 bits per heavy atom. The van der Waals surface area contributed by atoms with Crippen LogP contribution in [0.15, 0.2) is 29.8 Å². The molecule has 21 heavy (non-hydrogen) atoms. The third kappa shape index (κ3) is 4.62. The van der Waals surface area contributed by atoms with Gasteiger partial charge in [-0.15, -0.1) is 0 Å². The highest BCUT2D eigenvalue weighted by Gasteiger charge is 2.15. The fraction of sp³-hybridized carbons (Fsp3) is 0.500. The zero-order valence-electron chi connectivity index (χ0n) is 13.2. The minimum absolute atomic E-state index is 0.0558. The molecule has 1 aromatic carbocycles. The number of carbonyl (C=O) groups is 1. The van der Waals surface area contributed by atoms with Crippen LogP contribution >= 0.6 is 0 Å². The molecule has 0 radical (unpaired) electrons. The largest absolute Gasteiger partial charge is 0.481 e. The Labute approximate surface area is 127 Å². The van der Waals surface area contributed by atoms with Gasteiger partial charge in [0.15, 0.2) is 6.10 Å². The summed E-state index contributed by atoms with van der Waals surface area (Å²) in [5, 5.41) is 2.97. The van der Waals surface area contributed by atoms with E-state index in [0.29, 0.717) is 6.54 Å². The second-order valence-electron chi connectivity index (χ2n) is 5.83. The molecular weight excluding hydrogens is 262 g/mol. The molecule has 0 saturated heterocycles. The molecule has 3 heteroatoms. The number of hydrogen-bond donors (Lipinski definition) is 1.